The van der Waals surface area contributed by atoms with Gasteiger partial charge in [0.15, 0.2) is 0 Å². The Hall–Kier alpha value is -1.88. The highest BCUT2D eigenvalue weighted by Gasteiger charge is 2.18. The van der Waals surface area contributed by atoms with Gasteiger partial charge in [0, 0.05) is 31.4 Å². The number of anilines is 1. The molecule has 0 aliphatic carbocycles. The zero-order chi connectivity index (χ0) is 15.4. The van der Waals surface area contributed by atoms with Gasteiger partial charge in [-0.05, 0) is 40.0 Å². The van der Waals surface area contributed by atoms with E-state index in [9.17, 15) is 0 Å². The first-order chi connectivity index (χ1) is 10.1. The topological polar surface area (TPSA) is 46.0 Å². The average molecular weight is 287 g/mol. The van der Waals surface area contributed by atoms with Crippen molar-refractivity contribution in [3.05, 3.63) is 40.8 Å². The number of nitrogens with zero attached hydrogens (tertiary/aromatic N) is 4. The molecular weight excluding hydrogens is 262 g/mol. The average Bonchev–Trinajstić information content (AvgIpc) is 2.72. The van der Waals surface area contributed by atoms with Crippen LogP contribution in [-0.2, 0) is 20.1 Å². The van der Waals surface area contributed by atoms with E-state index >= 15 is 0 Å². The van der Waals surface area contributed by atoms with Crippen LogP contribution in [0.1, 0.15) is 29.6 Å². The van der Waals surface area contributed by atoms with Crippen molar-refractivity contribution in [3.8, 4) is 0 Å². The quantitative estimate of drug-likeness (QED) is 0.884. The van der Waals surface area contributed by atoms with Crippen molar-refractivity contribution in [1.82, 2.24) is 20.1 Å². The number of rotatable bonds is 6. The van der Waals surface area contributed by atoms with Crippen LogP contribution in [0.15, 0.2) is 18.2 Å². The van der Waals surface area contributed by atoms with Crippen LogP contribution in [-0.4, -0.2) is 28.4 Å². The van der Waals surface area contributed by atoms with Crippen molar-refractivity contribution in [3.63, 3.8) is 0 Å². The predicted octanol–water partition coefficient (Wildman–Crippen LogP) is 2.18. The van der Waals surface area contributed by atoms with Gasteiger partial charge in [-0.3, -0.25) is 9.67 Å². The summed E-state index contributed by atoms with van der Waals surface area (Å²) in [5, 5.41) is 7.81. The Morgan fingerprint density at radius 1 is 1.29 bits per heavy atom. The van der Waals surface area contributed by atoms with E-state index in [-0.39, 0.29) is 0 Å². The summed E-state index contributed by atoms with van der Waals surface area (Å²) in [6.07, 6.45) is 0. The van der Waals surface area contributed by atoms with Gasteiger partial charge in [-0.2, -0.15) is 5.10 Å². The molecule has 0 saturated carbocycles. The fraction of sp³-hybridized carbons (Fsp3) is 0.500. The van der Waals surface area contributed by atoms with Crippen molar-refractivity contribution >= 4 is 5.82 Å². The maximum absolute atomic E-state index is 4.61. The predicted molar refractivity (Wildman–Crippen MR) is 86.4 cm³/mol. The lowest BCUT2D eigenvalue weighted by Crippen LogP contribution is -2.26. The van der Waals surface area contributed by atoms with Crippen molar-refractivity contribution in [2.45, 2.75) is 33.9 Å². The zero-order valence-electron chi connectivity index (χ0n) is 13.6. The van der Waals surface area contributed by atoms with E-state index in [1.54, 1.807) is 0 Å². The second-order valence-electron chi connectivity index (χ2n) is 5.33. The molecule has 0 spiro atoms. The summed E-state index contributed by atoms with van der Waals surface area (Å²) in [4.78, 5) is 6.94. The Morgan fingerprint density at radius 2 is 2.05 bits per heavy atom. The molecule has 0 radical (unpaired) electrons. The highest BCUT2D eigenvalue weighted by atomic mass is 15.4. The van der Waals surface area contributed by atoms with E-state index < -0.39 is 0 Å². The molecule has 0 bridgehead atoms. The fourth-order valence-corrected chi connectivity index (χ4v) is 2.69. The van der Waals surface area contributed by atoms with Crippen LogP contribution in [0, 0.1) is 13.8 Å². The molecule has 0 unspecified atom stereocenters. The molecule has 5 nitrogen and oxygen atoms in total. The Kier molecular flexibility index (Phi) is 4.96. The summed E-state index contributed by atoms with van der Waals surface area (Å²) in [5.41, 5.74) is 4.48. The lowest BCUT2D eigenvalue weighted by Gasteiger charge is -2.24. The molecule has 5 heteroatoms. The molecular formula is C16H25N5. The smallest absolute Gasteiger partial charge is 0.131 e. The molecule has 2 heterocycles. The largest absolute Gasteiger partial charge is 0.351 e. The molecule has 2 aromatic heterocycles. The van der Waals surface area contributed by atoms with Crippen LogP contribution in [0.4, 0.5) is 5.82 Å². The number of hydrogen-bond acceptors (Lipinski definition) is 4. The third-order valence-electron chi connectivity index (χ3n) is 3.65. The first-order valence-electron chi connectivity index (χ1n) is 7.41. The monoisotopic (exact) mass is 287 g/mol. The van der Waals surface area contributed by atoms with Crippen molar-refractivity contribution in [2.24, 2.45) is 7.05 Å². The van der Waals surface area contributed by atoms with E-state index in [0.717, 1.165) is 36.7 Å². The first kappa shape index (κ1) is 15.5. The van der Waals surface area contributed by atoms with Gasteiger partial charge in [-0.1, -0.05) is 6.07 Å². The molecule has 21 heavy (non-hydrogen) atoms. The van der Waals surface area contributed by atoms with Gasteiger partial charge in [0.1, 0.15) is 5.82 Å². The number of nitrogens with one attached hydrogen (secondary N) is 1. The summed E-state index contributed by atoms with van der Waals surface area (Å²) in [6, 6.07) is 6.17. The Bertz CT molecular complexity index is 603. The van der Waals surface area contributed by atoms with Gasteiger partial charge in [-0.25, -0.2) is 0 Å². The SMILES string of the molecule is CCN(Cc1cccc(C)n1)c1c(CNC)c(C)nn1C. The minimum Gasteiger partial charge on any atom is -0.351 e. The summed E-state index contributed by atoms with van der Waals surface area (Å²) in [5.74, 6) is 1.17. The van der Waals surface area contributed by atoms with E-state index in [0.29, 0.717) is 0 Å². The summed E-state index contributed by atoms with van der Waals surface area (Å²) in [7, 11) is 3.97. The fourth-order valence-electron chi connectivity index (χ4n) is 2.69. The van der Waals surface area contributed by atoms with Crippen molar-refractivity contribution < 1.29 is 0 Å². The number of pyridine rings is 1. The van der Waals surface area contributed by atoms with E-state index in [1.807, 2.05) is 31.8 Å². The van der Waals surface area contributed by atoms with Gasteiger partial charge < -0.3 is 10.2 Å². The summed E-state index contributed by atoms with van der Waals surface area (Å²) < 4.78 is 1.97. The van der Waals surface area contributed by atoms with Crippen LogP contribution in [0.3, 0.4) is 0 Å². The molecule has 0 aliphatic rings. The standard InChI is InChI=1S/C16H25N5/c1-6-21(11-14-9-7-8-12(2)18-14)16-15(10-17-4)13(3)19-20(16)5/h7-9,17H,6,10-11H2,1-5H3. The molecule has 0 saturated heterocycles. The van der Waals surface area contributed by atoms with Gasteiger partial charge in [0.25, 0.3) is 0 Å². The molecule has 1 N–H and O–H groups in total. The Labute approximate surface area is 127 Å². The molecule has 0 aliphatic heterocycles. The molecule has 0 atom stereocenters. The minimum atomic E-state index is 0.799. The lowest BCUT2D eigenvalue weighted by atomic mass is 10.2. The lowest BCUT2D eigenvalue weighted by molar-refractivity contribution is 0.695. The molecule has 0 amide bonds. The van der Waals surface area contributed by atoms with E-state index in [1.165, 1.54) is 11.4 Å². The second-order valence-corrected chi connectivity index (χ2v) is 5.33. The Morgan fingerprint density at radius 3 is 2.67 bits per heavy atom. The van der Waals surface area contributed by atoms with Gasteiger partial charge in [-0.15, -0.1) is 0 Å². The maximum Gasteiger partial charge on any atom is 0.131 e. The third kappa shape index (κ3) is 3.42. The number of aromatic nitrogens is 3. The van der Waals surface area contributed by atoms with Crippen LogP contribution in [0.5, 0.6) is 0 Å². The molecule has 0 aromatic carbocycles. The van der Waals surface area contributed by atoms with E-state index in [2.05, 4.69) is 46.3 Å². The third-order valence-corrected chi connectivity index (χ3v) is 3.65. The maximum atomic E-state index is 4.61. The molecule has 2 rings (SSSR count). The van der Waals surface area contributed by atoms with Crippen LogP contribution >= 0.6 is 0 Å². The van der Waals surface area contributed by atoms with Crippen molar-refractivity contribution in [2.75, 3.05) is 18.5 Å². The van der Waals surface area contributed by atoms with Crippen LogP contribution in [0.2, 0.25) is 0 Å². The normalized spacial score (nSPS) is 10.9. The van der Waals surface area contributed by atoms with Crippen LogP contribution in [0.25, 0.3) is 0 Å². The van der Waals surface area contributed by atoms with E-state index in [4.69, 9.17) is 0 Å². The van der Waals surface area contributed by atoms with Crippen molar-refractivity contribution in [1.29, 1.82) is 0 Å². The number of aryl methyl sites for hydroxylation is 3. The van der Waals surface area contributed by atoms with Gasteiger partial charge >= 0.3 is 0 Å². The highest BCUT2D eigenvalue weighted by molar-refractivity contribution is 5.50. The van der Waals surface area contributed by atoms with Gasteiger partial charge in [0.05, 0.1) is 17.9 Å². The van der Waals surface area contributed by atoms with Gasteiger partial charge in [0.2, 0.25) is 0 Å². The Balaban J connectivity index is 2.33. The second kappa shape index (κ2) is 6.72. The molecule has 0 fully saturated rings. The van der Waals surface area contributed by atoms with Crippen LogP contribution < -0.4 is 10.2 Å². The minimum absolute atomic E-state index is 0.799. The summed E-state index contributed by atoms with van der Waals surface area (Å²) in [6.45, 7) is 8.81. The summed E-state index contributed by atoms with van der Waals surface area (Å²) >= 11 is 0. The zero-order valence-corrected chi connectivity index (χ0v) is 13.6. The molecule has 114 valence electrons. The number of hydrogen-bond donors (Lipinski definition) is 1. The first-order valence-corrected chi connectivity index (χ1v) is 7.41. The highest BCUT2D eigenvalue weighted by Crippen LogP contribution is 2.24. The molecule has 2 aromatic rings.